The maximum absolute atomic E-state index is 12.4. The van der Waals surface area contributed by atoms with Crippen molar-refractivity contribution in [2.24, 2.45) is 0 Å². The van der Waals surface area contributed by atoms with Crippen LogP contribution in [-0.2, 0) is 11.1 Å². The minimum Gasteiger partial charge on any atom is -0.397 e. The summed E-state index contributed by atoms with van der Waals surface area (Å²) in [5.41, 5.74) is 0.575. The van der Waals surface area contributed by atoms with Gasteiger partial charge in [0.05, 0.1) is 4.92 Å². The lowest BCUT2D eigenvalue weighted by Gasteiger charge is -2.34. The lowest BCUT2D eigenvalue weighted by molar-refractivity contribution is -0.387. The summed E-state index contributed by atoms with van der Waals surface area (Å²) < 4.78 is 17.8. The molecule has 0 N–H and O–H groups in total. The molecule has 1 atom stereocenters. The first kappa shape index (κ1) is 24.6. The number of nitro groups is 1. The number of likely N-dealkylation sites (N-methyl/N-ethyl adjacent to an activating group) is 1. The van der Waals surface area contributed by atoms with Gasteiger partial charge in [-0.2, -0.15) is 0 Å². The number of hydrogen-bond donors (Lipinski definition) is 0. The summed E-state index contributed by atoms with van der Waals surface area (Å²) >= 11 is -1.95. The predicted octanol–water partition coefficient (Wildman–Crippen LogP) is 4.50. The van der Waals surface area contributed by atoms with E-state index in [-0.39, 0.29) is 10.6 Å². The van der Waals surface area contributed by atoms with Crippen LogP contribution in [0.1, 0.15) is 27.7 Å². The average molecular weight is 422 g/mol. The van der Waals surface area contributed by atoms with Gasteiger partial charge in [-0.25, -0.2) is 4.21 Å². The van der Waals surface area contributed by atoms with Crippen molar-refractivity contribution in [1.29, 1.82) is 0 Å². The average Bonchev–Trinajstić information content (AvgIpc) is 2.77. The van der Waals surface area contributed by atoms with Crippen LogP contribution in [0.15, 0.2) is 53.4 Å². The van der Waals surface area contributed by atoms with E-state index in [9.17, 15) is 14.3 Å². The van der Waals surface area contributed by atoms with Crippen LogP contribution in [0.2, 0.25) is 0 Å². The SMILES string of the molecule is CC.CC.CN1CCN(c2ccc(S(=O)Oc3ccccc3)c([N+](=O)[O-])c2)CC1. The highest BCUT2D eigenvalue weighted by Crippen LogP contribution is 2.29. The second-order valence-corrected chi connectivity index (χ2v) is 6.91. The van der Waals surface area contributed by atoms with Gasteiger partial charge in [0.1, 0.15) is 5.75 Å². The first-order valence-corrected chi connectivity index (χ1v) is 11.0. The molecule has 2 aromatic carbocycles. The van der Waals surface area contributed by atoms with Gasteiger partial charge in [0.25, 0.3) is 5.69 Å². The second kappa shape index (κ2) is 12.9. The third-order valence-electron chi connectivity index (χ3n) is 4.10. The number of piperazine rings is 1. The monoisotopic (exact) mass is 421 g/mol. The fourth-order valence-corrected chi connectivity index (χ4v) is 3.52. The van der Waals surface area contributed by atoms with Crippen LogP contribution < -0.4 is 9.08 Å². The lowest BCUT2D eigenvalue weighted by atomic mass is 10.2. The molecule has 1 fully saturated rings. The fraction of sp³-hybridized carbons (Fsp3) is 0.429. The smallest absolute Gasteiger partial charge is 0.291 e. The van der Waals surface area contributed by atoms with Crippen LogP contribution in [0, 0.1) is 10.1 Å². The Hall–Kier alpha value is -2.45. The molecule has 29 heavy (non-hydrogen) atoms. The van der Waals surface area contributed by atoms with Gasteiger partial charge in [0.15, 0.2) is 4.90 Å². The summed E-state index contributed by atoms with van der Waals surface area (Å²) in [7, 11) is 2.05. The molecular weight excluding hydrogens is 390 g/mol. The Morgan fingerprint density at radius 1 is 0.966 bits per heavy atom. The van der Waals surface area contributed by atoms with Crippen LogP contribution in [0.4, 0.5) is 11.4 Å². The lowest BCUT2D eigenvalue weighted by Crippen LogP contribution is -2.44. The minimum absolute atomic E-state index is 0.0618. The number of hydrogen-bond acceptors (Lipinski definition) is 6. The Labute approximate surface area is 176 Å². The van der Waals surface area contributed by atoms with Crippen LogP contribution in [0.3, 0.4) is 0 Å². The first-order valence-electron chi connectivity index (χ1n) is 9.91. The maximum atomic E-state index is 12.4. The van der Waals surface area contributed by atoms with Gasteiger partial charge in [-0.1, -0.05) is 45.9 Å². The van der Waals surface area contributed by atoms with Gasteiger partial charge in [-0.15, -0.1) is 0 Å². The van der Waals surface area contributed by atoms with Crippen molar-refractivity contribution < 1.29 is 13.3 Å². The maximum Gasteiger partial charge on any atom is 0.291 e. The van der Waals surface area contributed by atoms with E-state index in [1.54, 1.807) is 30.3 Å². The van der Waals surface area contributed by atoms with Gasteiger partial charge in [0, 0.05) is 37.9 Å². The van der Waals surface area contributed by atoms with E-state index >= 15 is 0 Å². The molecule has 0 radical (unpaired) electrons. The van der Waals surface area contributed by atoms with E-state index in [0.29, 0.717) is 5.75 Å². The van der Waals surface area contributed by atoms with Crippen LogP contribution in [0.25, 0.3) is 0 Å². The first-order chi connectivity index (χ1) is 14.0. The molecule has 1 aliphatic heterocycles. The highest BCUT2D eigenvalue weighted by Gasteiger charge is 2.24. The topological polar surface area (TPSA) is 75.9 Å². The number of rotatable bonds is 5. The van der Waals surface area contributed by atoms with Crippen molar-refractivity contribution in [2.45, 2.75) is 32.6 Å². The zero-order valence-electron chi connectivity index (χ0n) is 17.8. The highest BCUT2D eigenvalue weighted by atomic mass is 32.2. The minimum atomic E-state index is -1.95. The molecule has 0 amide bonds. The van der Waals surface area contributed by atoms with E-state index in [2.05, 4.69) is 9.80 Å². The van der Waals surface area contributed by atoms with E-state index in [4.69, 9.17) is 4.18 Å². The number of nitro benzene ring substituents is 1. The summed E-state index contributed by atoms with van der Waals surface area (Å²) in [6.07, 6.45) is 0. The fourth-order valence-electron chi connectivity index (χ4n) is 2.66. The molecule has 1 saturated heterocycles. The number of benzene rings is 2. The molecule has 1 unspecified atom stereocenters. The number of nitrogens with zero attached hydrogens (tertiary/aromatic N) is 3. The van der Waals surface area contributed by atoms with Gasteiger partial charge in [-0.3, -0.25) is 10.1 Å². The second-order valence-electron chi connectivity index (χ2n) is 5.83. The normalized spacial score (nSPS) is 14.6. The van der Waals surface area contributed by atoms with Crippen molar-refractivity contribution in [1.82, 2.24) is 4.90 Å². The molecule has 1 heterocycles. The Morgan fingerprint density at radius 2 is 1.55 bits per heavy atom. The van der Waals surface area contributed by atoms with Gasteiger partial charge in [0.2, 0.25) is 11.1 Å². The molecule has 1 aliphatic rings. The van der Waals surface area contributed by atoms with Crippen molar-refractivity contribution in [2.75, 3.05) is 38.1 Å². The molecule has 0 saturated carbocycles. The molecular formula is C21H31N3O4S. The van der Waals surface area contributed by atoms with E-state index in [0.717, 1.165) is 31.9 Å². The highest BCUT2D eigenvalue weighted by molar-refractivity contribution is 7.80. The molecule has 0 spiro atoms. The Bertz CT molecular complexity index is 779. The third kappa shape index (κ3) is 7.14. The predicted molar refractivity (Wildman–Crippen MR) is 119 cm³/mol. The summed E-state index contributed by atoms with van der Waals surface area (Å²) in [4.78, 5) is 15.3. The largest absolute Gasteiger partial charge is 0.397 e. The standard InChI is InChI=1S/C17H19N3O4S.2C2H6/c1-18-9-11-19(12-10-18)14-7-8-17(16(13-14)20(21)22)25(23)24-15-5-3-2-4-6-15;2*1-2/h2-8,13H,9-12H2,1H3;2*1-2H3. The Balaban J connectivity index is 0.000000989. The summed E-state index contributed by atoms with van der Waals surface area (Å²) in [6.45, 7) is 11.4. The Morgan fingerprint density at radius 3 is 2.10 bits per heavy atom. The van der Waals surface area contributed by atoms with E-state index < -0.39 is 16.0 Å². The molecule has 160 valence electrons. The molecule has 0 aliphatic carbocycles. The Kier molecular flexibility index (Phi) is 10.9. The summed E-state index contributed by atoms with van der Waals surface area (Å²) in [5.74, 6) is 0.401. The molecule has 2 aromatic rings. The molecule has 3 rings (SSSR count). The van der Waals surface area contributed by atoms with Crippen LogP contribution >= 0.6 is 0 Å². The van der Waals surface area contributed by atoms with Crippen molar-refractivity contribution in [3.8, 4) is 5.75 Å². The number of anilines is 1. The van der Waals surface area contributed by atoms with Crippen molar-refractivity contribution >= 4 is 22.5 Å². The molecule has 7 nitrogen and oxygen atoms in total. The molecule has 0 bridgehead atoms. The van der Waals surface area contributed by atoms with Gasteiger partial charge in [-0.05, 0) is 31.3 Å². The zero-order valence-corrected chi connectivity index (χ0v) is 18.6. The van der Waals surface area contributed by atoms with Crippen molar-refractivity contribution in [3.05, 3.63) is 58.6 Å². The third-order valence-corrected chi connectivity index (χ3v) is 5.15. The molecule has 8 heteroatoms. The van der Waals surface area contributed by atoms with Crippen LogP contribution in [-0.4, -0.2) is 47.3 Å². The number of para-hydroxylation sites is 1. The summed E-state index contributed by atoms with van der Waals surface area (Å²) in [6, 6.07) is 13.4. The van der Waals surface area contributed by atoms with Crippen molar-refractivity contribution in [3.63, 3.8) is 0 Å². The molecule has 0 aromatic heterocycles. The van der Waals surface area contributed by atoms with Crippen LogP contribution in [0.5, 0.6) is 5.75 Å². The summed E-state index contributed by atoms with van der Waals surface area (Å²) in [5, 5.41) is 11.5. The quantitative estimate of drug-likeness (QED) is 0.523. The van der Waals surface area contributed by atoms with Gasteiger partial charge >= 0.3 is 0 Å². The van der Waals surface area contributed by atoms with E-state index in [1.807, 2.05) is 40.8 Å². The van der Waals surface area contributed by atoms with E-state index in [1.165, 1.54) is 12.1 Å². The zero-order chi connectivity index (χ0) is 21.8. The van der Waals surface area contributed by atoms with Gasteiger partial charge < -0.3 is 14.0 Å².